The minimum atomic E-state index is -0.420. The molecule has 2 aromatic carbocycles. The molecule has 0 spiro atoms. The van der Waals surface area contributed by atoms with Gasteiger partial charge in [-0.25, -0.2) is 5.43 Å². The molecule has 0 fully saturated rings. The third-order valence-electron chi connectivity index (χ3n) is 4.24. The molecule has 0 atom stereocenters. The normalized spacial score (nSPS) is 11.0. The van der Waals surface area contributed by atoms with Crippen LogP contribution < -0.4 is 10.2 Å². The highest BCUT2D eigenvalue weighted by atomic mass is 16.6. The topological polar surface area (TPSA) is 93.8 Å². The van der Waals surface area contributed by atoms with Gasteiger partial charge in [-0.2, -0.15) is 5.10 Å². The zero-order valence-corrected chi connectivity index (χ0v) is 16.6. The van der Waals surface area contributed by atoms with E-state index in [0.29, 0.717) is 23.3 Å². The summed E-state index contributed by atoms with van der Waals surface area (Å²) in [5.41, 5.74) is 5.69. The zero-order valence-electron chi connectivity index (χ0n) is 16.6. The van der Waals surface area contributed by atoms with Gasteiger partial charge in [0.2, 0.25) is 0 Å². The van der Waals surface area contributed by atoms with Gasteiger partial charge in [0.25, 0.3) is 11.6 Å². The van der Waals surface area contributed by atoms with Gasteiger partial charge in [0.1, 0.15) is 5.75 Å². The second kappa shape index (κ2) is 9.64. The van der Waals surface area contributed by atoms with E-state index in [-0.39, 0.29) is 18.2 Å². The van der Waals surface area contributed by atoms with Crippen molar-refractivity contribution in [3.05, 3.63) is 68.8 Å². The van der Waals surface area contributed by atoms with Gasteiger partial charge in [0.05, 0.1) is 11.1 Å². The van der Waals surface area contributed by atoms with Gasteiger partial charge >= 0.3 is 0 Å². The molecule has 0 aromatic heterocycles. The van der Waals surface area contributed by atoms with Crippen LogP contribution in [-0.4, -0.2) is 23.7 Å². The zero-order chi connectivity index (χ0) is 20.7. The van der Waals surface area contributed by atoms with Crippen LogP contribution in [0.2, 0.25) is 0 Å². The van der Waals surface area contributed by atoms with E-state index in [1.807, 2.05) is 32.0 Å². The summed E-state index contributed by atoms with van der Waals surface area (Å²) in [5, 5.41) is 15.0. The van der Waals surface area contributed by atoms with Gasteiger partial charge in [-0.3, -0.25) is 14.9 Å². The third-order valence-corrected chi connectivity index (χ3v) is 4.24. The van der Waals surface area contributed by atoms with Crippen molar-refractivity contribution in [2.24, 2.45) is 5.10 Å². The van der Waals surface area contributed by atoms with E-state index in [4.69, 9.17) is 4.74 Å². The van der Waals surface area contributed by atoms with Crippen LogP contribution in [0.1, 0.15) is 48.9 Å². The molecule has 0 radical (unpaired) electrons. The second-order valence-electron chi connectivity index (χ2n) is 6.78. The van der Waals surface area contributed by atoms with Gasteiger partial charge in [0, 0.05) is 17.2 Å². The van der Waals surface area contributed by atoms with Gasteiger partial charge in [-0.05, 0) is 36.5 Å². The largest absolute Gasteiger partial charge is 0.483 e. The Hall–Kier alpha value is -3.22. The van der Waals surface area contributed by atoms with Crippen LogP contribution in [0, 0.1) is 17.0 Å². The number of rotatable bonds is 8. The first kappa shape index (κ1) is 21.1. The minimum absolute atomic E-state index is 0.0433. The van der Waals surface area contributed by atoms with Crippen LogP contribution in [0.3, 0.4) is 0 Å². The van der Waals surface area contributed by atoms with Crippen molar-refractivity contribution in [3.8, 4) is 5.75 Å². The molecule has 7 heteroatoms. The Kier molecular flexibility index (Phi) is 7.26. The van der Waals surface area contributed by atoms with E-state index in [1.54, 1.807) is 12.1 Å². The Balaban J connectivity index is 1.97. The Labute approximate surface area is 164 Å². The number of hydrazone groups is 1. The van der Waals surface area contributed by atoms with Crippen LogP contribution in [0.4, 0.5) is 5.69 Å². The number of carbonyl (C=O) groups is 1. The van der Waals surface area contributed by atoms with E-state index >= 15 is 0 Å². The molecular formula is C21H25N3O4. The number of hydrogen-bond donors (Lipinski definition) is 1. The lowest BCUT2D eigenvalue weighted by molar-refractivity contribution is -0.385. The van der Waals surface area contributed by atoms with Gasteiger partial charge in [-0.15, -0.1) is 0 Å². The lowest BCUT2D eigenvalue weighted by atomic mass is 10.0. The number of nitrogens with zero attached hydrogens (tertiary/aromatic N) is 2. The Morgan fingerprint density at radius 3 is 2.68 bits per heavy atom. The summed E-state index contributed by atoms with van der Waals surface area (Å²) in [6.07, 6.45) is 1.94. The fraction of sp³-hybridized carbons (Fsp3) is 0.333. The van der Waals surface area contributed by atoms with E-state index < -0.39 is 10.8 Å². The predicted octanol–water partition coefficient (Wildman–Crippen LogP) is 4.12. The molecule has 148 valence electrons. The van der Waals surface area contributed by atoms with Crippen molar-refractivity contribution >= 4 is 17.8 Å². The van der Waals surface area contributed by atoms with Crippen LogP contribution in [-0.2, 0) is 11.2 Å². The highest BCUT2D eigenvalue weighted by Crippen LogP contribution is 2.27. The fourth-order valence-corrected chi connectivity index (χ4v) is 2.73. The van der Waals surface area contributed by atoms with E-state index in [1.165, 1.54) is 12.3 Å². The van der Waals surface area contributed by atoms with E-state index in [2.05, 4.69) is 24.4 Å². The summed E-state index contributed by atoms with van der Waals surface area (Å²) in [6, 6.07) is 10.8. The highest BCUT2D eigenvalue weighted by molar-refractivity contribution is 5.83. The molecule has 1 N–H and O–H groups in total. The third kappa shape index (κ3) is 5.64. The maximum atomic E-state index is 12.0. The van der Waals surface area contributed by atoms with Gasteiger partial charge < -0.3 is 4.74 Å². The molecule has 0 heterocycles. The lowest BCUT2D eigenvalue weighted by Crippen LogP contribution is -2.25. The predicted molar refractivity (Wildman–Crippen MR) is 109 cm³/mol. The molecule has 0 unspecified atom stereocenters. The summed E-state index contributed by atoms with van der Waals surface area (Å²) >= 11 is 0. The molecule has 0 aliphatic heterocycles. The van der Waals surface area contributed by atoms with Crippen molar-refractivity contribution < 1.29 is 14.5 Å². The van der Waals surface area contributed by atoms with Crippen molar-refractivity contribution in [2.45, 2.75) is 40.0 Å². The fourth-order valence-electron chi connectivity index (χ4n) is 2.73. The number of benzene rings is 2. The Morgan fingerprint density at radius 1 is 1.29 bits per heavy atom. The Morgan fingerprint density at radius 2 is 2.04 bits per heavy atom. The van der Waals surface area contributed by atoms with Crippen LogP contribution in [0.15, 0.2) is 41.5 Å². The standard InChI is InChI=1S/C21H25N3O4/c1-5-17-8-7-16(11-19(17)24(26)27)12-22-23-21(25)13-28-20-10-15(4)6-9-18(20)14(2)3/h6-12,14H,5,13H2,1-4H3,(H,23,25)/b22-12-. The summed E-state index contributed by atoms with van der Waals surface area (Å²) in [4.78, 5) is 22.7. The number of nitro benzene ring substituents is 1. The van der Waals surface area contributed by atoms with Crippen LogP contribution in [0.25, 0.3) is 0 Å². The molecule has 0 aliphatic rings. The van der Waals surface area contributed by atoms with Crippen molar-refractivity contribution in [1.29, 1.82) is 0 Å². The number of nitrogens with one attached hydrogen (secondary N) is 1. The molecule has 0 saturated heterocycles. The maximum Gasteiger partial charge on any atom is 0.277 e. The molecule has 0 saturated carbocycles. The summed E-state index contributed by atoms with van der Waals surface area (Å²) in [6.45, 7) is 7.77. The molecule has 2 aromatic rings. The minimum Gasteiger partial charge on any atom is -0.483 e. The molecule has 0 bridgehead atoms. The quantitative estimate of drug-likeness (QED) is 0.421. The van der Waals surface area contributed by atoms with Gasteiger partial charge in [0.15, 0.2) is 6.61 Å². The highest BCUT2D eigenvalue weighted by Gasteiger charge is 2.13. The first-order chi connectivity index (χ1) is 13.3. The average Bonchev–Trinajstić information content (AvgIpc) is 2.66. The van der Waals surface area contributed by atoms with Crippen molar-refractivity contribution in [2.75, 3.05) is 6.61 Å². The summed E-state index contributed by atoms with van der Waals surface area (Å²) < 4.78 is 5.65. The summed E-state index contributed by atoms with van der Waals surface area (Å²) in [7, 11) is 0. The van der Waals surface area contributed by atoms with Gasteiger partial charge in [-0.1, -0.05) is 45.0 Å². The number of nitro groups is 1. The Bertz CT molecular complexity index is 891. The monoisotopic (exact) mass is 383 g/mol. The number of carbonyl (C=O) groups excluding carboxylic acids is 1. The molecular weight excluding hydrogens is 358 g/mol. The van der Waals surface area contributed by atoms with Crippen LogP contribution >= 0.6 is 0 Å². The number of ether oxygens (including phenoxy) is 1. The number of hydrogen-bond acceptors (Lipinski definition) is 5. The lowest BCUT2D eigenvalue weighted by Gasteiger charge is -2.14. The molecule has 7 nitrogen and oxygen atoms in total. The first-order valence-electron chi connectivity index (χ1n) is 9.14. The molecule has 2 rings (SSSR count). The van der Waals surface area contributed by atoms with E-state index in [9.17, 15) is 14.9 Å². The average molecular weight is 383 g/mol. The first-order valence-corrected chi connectivity index (χ1v) is 9.14. The number of amides is 1. The second-order valence-corrected chi connectivity index (χ2v) is 6.78. The molecule has 28 heavy (non-hydrogen) atoms. The number of aryl methyl sites for hydroxylation is 2. The van der Waals surface area contributed by atoms with E-state index in [0.717, 1.165) is 11.1 Å². The SMILES string of the molecule is CCc1ccc(/C=N\NC(=O)COc2cc(C)ccc2C(C)C)cc1[N+](=O)[O-]. The summed E-state index contributed by atoms with van der Waals surface area (Å²) in [5.74, 6) is 0.547. The maximum absolute atomic E-state index is 12.0. The van der Waals surface area contributed by atoms with Crippen molar-refractivity contribution in [1.82, 2.24) is 5.43 Å². The molecule has 1 amide bonds. The smallest absolute Gasteiger partial charge is 0.277 e. The molecule has 0 aliphatic carbocycles. The van der Waals surface area contributed by atoms with Crippen molar-refractivity contribution in [3.63, 3.8) is 0 Å². The van der Waals surface area contributed by atoms with Crippen LogP contribution in [0.5, 0.6) is 5.75 Å².